The molecule has 1 aromatic carbocycles. The van der Waals surface area contributed by atoms with Gasteiger partial charge in [0, 0.05) is 12.0 Å². The number of hydrogen-bond donors (Lipinski definition) is 2. The molecular weight excluding hydrogens is 250 g/mol. The van der Waals surface area contributed by atoms with E-state index in [1.54, 1.807) is 0 Å². The van der Waals surface area contributed by atoms with Crippen LogP contribution in [0.15, 0.2) is 24.3 Å². The van der Waals surface area contributed by atoms with Crippen molar-refractivity contribution in [2.45, 2.75) is 52.0 Å². The number of ether oxygens (including phenoxy) is 1. The molecule has 114 valence electrons. The Bertz CT molecular complexity index is 394. The topological polar surface area (TPSA) is 41.5 Å². The zero-order valence-corrected chi connectivity index (χ0v) is 13.3. The summed E-state index contributed by atoms with van der Waals surface area (Å²) in [7, 11) is 0. The molecule has 2 N–H and O–H groups in total. The minimum absolute atomic E-state index is 0.122. The van der Waals surface area contributed by atoms with E-state index >= 15 is 0 Å². The van der Waals surface area contributed by atoms with Crippen molar-refractivity contribution in [3.05, 3.63) is 29.8 Å². The van der Waals surface area contributed by atoms with Crippen LogP contribution >= 0.6 is 0 Å². The second-order valence-corrected chi connectivity index (χ2v) is 5.69. The molecule has 0 aromatic heterocycles. The summed E-state index contributed by atoms with van der Waals surface area (Å²) in [6.07, 6.45) is 1.89. The zero-order chi connectivity index (χ0) is 15.0. The standard InChI is InChI=1S/C17H29NO2/c1-5-14(3)15-9-7-8-10-16(15)20-12-11-17(4,13-19)18-6-2/h7-10,14,18-19H,5-6,11-13H2,1-4H3. The molecule has 1 aromatic rings. The molecule has 0 fully saturated rings. The van der Waals surface area contributed by atoms with E-state index in [2.05, 4.69) is 31.3 Å². The van der Waals surface area contributed by atoms with Gasteiger partial charge in [-0.25, -0.2) is 0 Å². The minimum atomic E-state index is -0.264. The number of hydrogen-bond acceptors (Lipinski definition) is 3. The zero-order valence-electron chi connectivity index (χ0n) is 13.3. The van der Waals surface area contributed by atoms with Gasteiger partial charge in [0.05, 0.1) is 13.2 Å². The van der Waals surface area contributed by atoms with Crippen LogP contribution in [0.4, 0.5) is 0 Å². The first-order valence-electron chi connectivity index (χ1n) is 7.64. The lowest BCUT2D eigenvalue weighted by molar-refractivity contribution is 0.145. The molecule has 0 aliphatic rings. The molecule has 0 radical (unpaired) electrons. The highest BCUT2D eigenvalue weighted by molar-refractivity contribution is 5.35. The lowest BCUT2D eigenvalue weighted by Gasteiger charge is -2.28. The molecule has 0 aliphatic carbocycles. The molecule has 20 heavy (non-hydrogen) atoms. The van der Waals surface area contributed by atoms with Crippen LogP contribution in [0, 0.1) is 0 Å². The van der Waals surface area contributed by atoms with Crippen molar-refractivity contribution < 1.29 is 9.84 Å². The summed E-state index contributed by atoms with van der Waals surface area (Å²) in [5.74, 6) is 1.47. The van der Waals surface area contributed by atoms with Crippen LogP contribution in [0.5, 0.6) is 5.75 Å². The van der Waals surface area contributed by atoms with Crippen molar-refractivity contribution >= 4 is 0 Å². The largest absolute Gasteiger partial charge is 0.493 e. The van der Waals surface area contributed by atoms with Crippen LogP contribution in [-0.2, 0) is 0 Å². The number of nitrogens with one attached hydrogen (secondary N) is 1. The molecule has 2 atom stereocenters. The van der Waals surface area contributed by atoms with E-state index in [1.165, 1.54) is 5.56 Å². The average Bonchev–Trinajstić information content (AvgIpc) is 2.47. The molecule has 0 bridgehead atoms. The van der Waals surface area contributed by atoms with Crippen molar-refractivity contribution in [2.24, 2.45) is 0 Å². The molecule has 3 nitrogen and oxygen atoms in total. The summed E-state index contributed by atoms with van der Waals surface area (Å²) in [6, 6.07) is 8.24. The van der Waals surface area contributed by atoms with E-state index < -0.39 is 0 Å². The molecule has 0 saturated heterocycles. The maximum absolute atomic E-state index is 9.48. The van der Waals surface area contributed by atoms with Crippen molar-refractivity contribution in [3.63, 3.8) is 0 Å². The Morgan fingerprint density at radius 2 is 2.00 bits per heavy atom. The summed E-state index contributed by atoms with van der Waals surface area (Å²) in [5, 5.41) is 12.8. The normalized spacial score (nSPS) is 15.7. The summed E-state index contributed by atoms with van der Waals surface area (Å²) in [6.45, 7) is 10.1. The molecule has 1 rings (SSSR count). The number of aliphatic hydroxyl groups is 1. The Morgan fingerprint density at radius 3 is 2.60 bits per heavy atom. The third-order valence-corrected chi connectivity index (χ3v) is 3.93. The third kappa shape index (κ3) is 4.80. The van der Waals surface area contributed by atoms with Gasteiger partial charge in [-0.05, 0) is 37.4 Å². The molecule has 2 unspecified atom stereocenters. The fourth-order valence-electron chi connectivity index (χ4n) is 2.28. The fraction of sp³-hybridized carbons (Fsp3) is 0.647. The summed E-state index contributed by atoms with van der Waals surface area (Å²) in [4.78, 5) is 0. The van der Waals surface area contributed by atoms with Crippen molar-refractivity contribution in [3.8, 4) is 5.75 Å². The first-order chi connectivity index (χ1) is 9.56. The quantitative estimate of drug-likeness (QED) is 0.728. The van der Waals surface area contributed by atoms with Crippen LogP contribution in [0.1, 0.15) is 52.0 Å². The smallest absolute Gasteiger partial charge is 0.122 e. The fourth-order valence-corrected chi connectivity index (χ4v) is 2.28. The maximum atomic E-state index is 9.48. The van der Waals surface area contributed by atoms with E-state index in [1.807, 2.05) is 26.0 Å². The first-order valence-corrected chi connectivity index (χ1v) is 7.64. The maximum Gasteiger partial charge on any atom is 0.122 e. The Labute approximate surface area is 123 Å². The molecule has 0 saturated carbocycles. The van der Waals surface area contributed by atoms with E-state index in [0.717, 1.165) is 25.1 Å². The number of likely N-dealkylation sites (N-methyl/N-ethyl adjacent to an activating group) is 1. The Morgan fingerprint density at radius 1 is 1.30 bits per heavy atom. The molecule has 0 amide bonds. The van der Waals surface area contributed by atoms with E-state index in [0.29, 0.717) is 12.5 Å². The van der Waals surface area contributed by atoms with Gasteiger partial charge >= 0.3 is 0 Å². The van der Waals surface area contributed by atoms with Crippen molar-refractivity contribution in [1.29, 1.82) is 0 Å². The van der Waals surface area contributed by atoms with Gasteiger partial charge in [-0.2, -0.15) is 0 Å². The lowest BCUT2D eigenvalue weighted by atomic mass is 9.97. The highest BCUT2D eigenvalue weighted by atomic mass is 16.5. The van der Waals surface area contributed by atoms with Crippen molar-refractivity contribution in [1.82, 2.24) is 5.32 Å². The highest BCUT2D eigenvalue weighted by Gasteiger charge is 2.22. The summed E-state index contributed by atoms with van der Waals surface area (Å²) < 4.78 is 5.95. The van der Waals surface area contributed by atoms with Gasteiger partial charge < -0.3 is 15.2 Å². The molecule has 0 aliphatic heterocycles. The van der Waals surface area contributed by atoms with Crippen LogP contribution < -0.4 is 10.1 Å². The third-order valence-electron chi connectivity index (χ3n) is 3.93. The first kappa shape index (κ1) is 17.0. The van der Waals surface area contributed by atoms with E-state index in [4.69, 9.17) is 4.74 Å². The van der Waals surface area contributed by atoms with Gasteiger partial charge in [0.25, 0.3) is 0 Å². The number of rotatable bonds is 9. The second-order valence-electron chi connectivity index (χ2n) is 5.69. The average molecular weight is 279 g/mol. The van der Waals surface area contributed by atoms with Gasteiger partial charge in [-0.3, -0.25) is 0 Å². The Kier molecular flexibility index (Phi) is 7.03. The number of aliphatic hydroxyl groups excluding tert-OH is 1. The number of para-hydroxylation sites is 1. The molecule has 0 heterocycles. The van der Waals surface area contributed by atoms with Gasteiger partial charge in [-0.15, -0.1) is 0 Å². The minimum Gasteiger partial charge on any atom is -0.493 e. The molecule has 3 heteroatoms. The summed E-state index contributed by atoms with van der Waals surface area (Å²) in [5.41, 5.74) is 1.00. The van der Waals surface area contributed by atoms with Gasteiger partial charge in [0.2, 0.25) is 0 Å². The Hall–Kier alpha value is -1.06. The summed E-state index contributed by atoms with van der Waals surface area (Å²) >= 11 is 0. The van der Waals surface area contributed by atoms with Crippen LogP contribution in [0.2, 0.25) is 0 Å². The molecular formula is C17H29NO2. The highest BCUT2D eigenvalue weighted by Crippen LogP contribution is 2.28. The van der Waals surface area contributed by atoms with Gasteiger partial charge in [0.15, 0.2) is 0 Å². The second kappa shape index (κ2) is 8.28. The van der Waals surface area contributed by atoms with Crippen LogP contribution in [-0.4, -0.2) is 30.4 Å². The van der Waals surface area contributed by atoms with E-state index in [9.17, 15) is 5.11 Å². The molecule has 0 spiro atoms. The lowest BCUT2D eigenvalue weighted by Crippen LogP contribution is -2.46. The van der Waals surface area contributed by atoms with Crippen LogP contribution in [0.3, 0.4) is 0 Å². The van der Waals surface area contributed by atoms with Crippen LogP contribution in [0.25, 0.3) is 0 Å². The predicted octanol–water partition coefficient (Wildman–Crippen LogP) is 3.33. The Balaban J connectivity index is 2.62. The van der Waals surface area contributed by atoms with E-state index in [-0.39, 0.29) is 12.1 Å². The predicted molar refractivity (Wildman–Crippen MR) is 84.4 cm³/mol. The van der Waals surface area contributed by atoms with Gasteiger partial charge in [0.1, 0.15) is 5.75 Å². The monoisotopic (exact) mass is 279 g/mol. The van der Waals surface area contributed by atoms with Gasteiger partial charge in [-0.1, -0.05) is 39.0 Å². The number of benzene rings is 1. The SMILES string of the molecule is CCNC(C)(CO)CCOc1ccccc1C(C)CC. The van der Waals surface area contributed by atoms with Crippen molar-refractivity contribution in [2.75, 3.05) is 19.8 Å².